The number of nitrogens with one attached hydrogen (secondary N) is 1. The van der Waals surface area contributed by atoms with Gasteiger partial charge in [0, 0.05) is 11.9 Å². The molecule has 16 heavy (non-hydrogen) atoms. The van der Waals surface area contributed by atoms with Gasteiger partial charge in [0.2, 0.25) is 0 Å². The monoisotopic (exact) mass is 234 g/mol. The number of H-pyrrole nitrogens is 1. The number of imidazole rings is 1. The van der Waals surface area contributed by atoms with Gasteiger partial charge in [-0.2, -0.15) is 0 Å². The highest BCUT2D eigenvalue weighted by Gasteiger charge is 1.98. The highest BCUT2D eigenvalue weighted by Crippen LogP contribution is 2.12. The van der Waals surface area contributed by atoms with Gasteiger partial charge >= 0.3 is 0 Å². The third kappa shape index (κ3) is 3.03. The fourth-order valence-corrected chi connectivity index (χ4v) is 1.82. The van der Waals surface area contributed by atoms with Crippen LogP contribution >= 0.6 is 12.6 Å². The van der Waals surface area contributed by atoms with Gasteiger partial charge in [0.1, 0.15) is 5.75 Å². The van der Waals surface area contributed by atoms with E-state index in [0.29, 0.717) is 10.9 Å². The molecule has 0 aliphatic rings. The molecule has 0 aliphatic heterocycles. The average molecular weight is 234 g/mol. The van der Waals surface area contributed by atoms with Crippen LogP contribution in [0.3, 0.4) is 0 Å². The van der Waals surface area contributed by atoms with Crippen LogP contribution in [0, 0.1) is 0 Å². The number of thiol groups is 1. The molecule has 0 fully saturated rings. The molecule has 84 valence electrons. The van der Waals surface area contributed by atoms with Gasteiger partial charge < -0.3 is 10.1 Å². The van der Waals surface area contributed by atoms with Crippen molar-refractivity contribution in [3.05, 3.63) is 41.7 Å². The third-order valence-electron chi connectivity index (χ3n) is 2.46. The van der Waals surface area contributed by atoms with Gasteiger partial charge in [-0.1, -0.05) is 12.1 Å². The summed E-state index contributed by atoms with van der Waals surface area (Å²) in [6, 6.07) is 7.34. The van der Waals surface area contributed by atoms with Crippen molar-refractivity contribution in [2.24, 2.45) is 0 Å². The maximum Gasteiger partial charge on any atom is 0.162 e. The predicted octanol–water partition coefficient (Wildman–Crippen LogP) is 2.58. The largest absolute Gasteiger partial charge is 0.508 e. The number of aryl methyl sites for hydroxylation is 2. The molecule has 2 N–H and O–H groups in total. The van der Waals surface area contributed by atoms with Crippen LogP contribution in [0.4, 0.5) is 0 Å². The first kappa shape index (κ1) is 11.1. The van der Waals surface area contributed by atoms with Crippen molar-refractivity contribution in [2.75, 3.05) is 0 Å². The van der Waals surface area contributed by atoms with E-state index in [2.05, 4.69) is 22.6 Å². The number of aromatic amines is 1. The number of nitrogens with zero attached hydrogens (tertiary/aromatic N) is 1. The van der Waals surface area contributed by atoms with Crippen LogP contribution in [0.1, 0.15) is 17.7 Å². The van der Waals surface area contributed by atoms with Crippen LogP contribution in [0.2, 0.25) is 0 Å². The zero-order valence-corrected chi connectivity index (χ0v) is 9.74. The summed E-state index contributed by atoms with van der Waals surface area (Å²) in [7, 11) is 0. The topological polar surface area (TPSA) is 48.9 Å². The second kappa shape index (κ2) is 5.07. The van der Waals surface area contributed by atoms with Gasteiger partial charge in [0.25, 0.3) is 0 Å². The standard InChI is InChI=1S/C12H14N2OS/c15-11-6-4-9(5-7-11)2-1-3-10-8-13-12(16)14-10/h4-8,15H,1-3H2,(H2,13,14,16). The zero-order valence-electron chi connectivity index (χ0n) is 8.85. The number of phenolic OH excluding ortho intramolecular Hbond substituents is 1. The fourth-order valence-electron chi connectivity index (χ4n) is 1.62. The molecule has 0 atom stereocenters. The Morgan fingerprint density at radius 3 is 2.56 bits per heavy atom. The molecule has 0 unspecified atom stereocenters. The van der Waals surface area contributed by atoms with E-state index < -0.39 is 0 Å². The number of aromatic hydroxyl groups is 1. The van der Waals surface area contributed by atoms with Crippen molar-refractivity contribution in [3.8, 4) is 5.75 Å². The van der Waals surface area contributed by atoms with E-state index in [1.54, 1.807) is 12.1 Å². The Morgan fingerprint density at radius 2 is 1.94 bits per heavy atom. The molecule has 4 heteroatoms. The lowest BCUT2D eigenvalue weighted by Crippen LogP contribution is -1.90. The summed E-state index contributed by atoms with van der Waals surface area (Å²) in [5.41, 5.74) is 2.35. The maximum atomic E-state index is 9.14. The van der Waals surface area contributed by atoms with Gasteiger partial charge in [0.05, 0.1) is 0 Å². The molecule has 3 nitrogen and oxygen atoms in total. The Morgan fingerprint density at radius 1 is 1.19 bits per heavy atom. The van der Waals surface area contributed by atoms with E-state index in [1.807, 2.05) is 18.3 Å². The summed E-state index contributed by atoms with van der Waals surface area (Å²) in [5.74, 6) is 0.317. The Kier molecular flexibility index (Phi) is 3.51. The van der Waals surface area contributed by atoms with Crippen molar-refractivity contribution < 1.29 is 5.11 Å². The van der Waals surface area contributed by atoms with Gasteiger partial charge in [-0.15, -0.1) is 12.6 Å². The molecule has 0 bridgehead atoms. The first-order valence-corrected chi connectivity index (χ1v) is 5.69. The molecule has 0 amide bonds. The summed E-state index contributed by atoms with van der Waals surface area (Å²) in [6.07, 6.45) is 4.84. The van der Waals surface area contributed by atoms with Crippen molar-refractivity contribution in [2.45, 2.75) is 24.4 Å². The van der Waals surface area contributed by atoms with E-state index in [-0.39, 0.29) is 0 Å². The van der Waals surface area contributed by atoms with E-state index in [4.69, 9.17) is 5.11 Å². The predicted molar refractivity (Wildman–Crippen MR) is 66.0 cm³/mol. The Labute approximate surface area is 100.0 Å². The third-order valence-corrected chi connectivity index (χ3v) is 2.69. The summed E-state index contributed by atoms with van der Waals surface area (Å²) >= 11 is 4.11. The molecule has 0 aliphatic carbocycles. The van der Waals surface area contributed by atoms with E-state index in [9.17, 15) is 0 Å². The SMILES string of the molecule is Oc1ccc(CCCc2cnc(S)[nH]2)cc1. The van der Waals surface area contributed by atoms with Gasteiger partial charge in [0.15, 0.2) is 5.16 Å². The molecular weight excluding hydrogens is 220 g/mol. The molecule has 0 saturated heterocycles. The van der Waals surface area contributed by atoms with Crippen LogP contribution in [0.5, 0.6) is 5.75 Å². The number of benzene rings is 1. The fraction of sp³-hybridized carbons (Fsp3) is 0.250. The maximum absolute atomic E-state index is 9.14. The minimum atomic E-state index is 0.317. The lowest BCUT2D eigenvalue weighted by atomic mass is 10.1. The van der Waals surface area contributed by atoms with Crippen molar-refractivity contribution in [3.63, 3.8) is 0 Å². The highest BCUT2D eigenvalue weighted by molar-refractivity contribution is 7.80. The van der Waals surface area contributed by atoms with Gasteiger partial charge in [-0.05, 0) is 37.0 Å². The minimum Gasteiger partial charge on any atom is -0.508 e. The second-order valence-corrected chi connectivity index (χ2v) is 4.18. The summed E-state index contributed by atoms with van der Waals surface area (Å²) in [6.45, 7) is 0. The number of phenols is 1. The molecule has 0 spiro atoms. The first-order valence-electron chi connectivity index (χ1n) is 5.25. The molecule has 1 aromatic carbocycles. The molecule has 1 aromatic heterocycles. The average Bonchev–Trinajstić information content (AvgIpc) is 2.67. The summed E-state index contributed by atoms with van der Waals surface area (Å²) in [4.78, 5) is 7.11. The van der Waals surface area contributed by atoms with Gasteiger partial charge in [-0.25, -0.2) is 4.98 Å². The molecule has 0 radical (unpaired) electrons. The smallest absolute Gasteiger partial charge is 0.162 e. The molecular formula is C12H14N2OS. The van der Waals surface area contributed by atoms with Crippen LogP contribution in [-0.4, -0.2) is 15.1 Å². The molecule has 0 saturated carbocycles. The summed E-state index contributed by atoms with van der Waals surface area (Å²) in [5, 5.41) is 9.81. The summed E-state index contributed by atoms with van der Waals surface area (Å²) < 4.78 is 0. The van der Waals surface area contributed by atoms with Crippen LogP contribution < -0.4 is 0 Å². The van der Waals surface area contributed by atoms with Crippen molar-refractivity contribution in [1.29, 1.82) is 0 Å². The second-order valence-electron chi connectivity index (χ2n) is 3.75. The van der Waals surface area contributed by atoms with Crippen molar-refractivity contribution in [1.82, 2.24) is 9.97 Å². The normalized spacial score (nSPS) is 10.6. The number of hydrogen-bond acceptors (Lipinski definition) is 3. The zero-order chi connectivity index (χ0) is 11.4. The van der Waals surface area contributed by atoms with E-state index in [1.165, 1.54) is 5.56 Å². The molecule has 2 aromatic rings. The minimum absolute atomic E-state index is 0.317. The number of aromatic nitrogens is 2. The van der Waals surface area contributed by atoms with Crippen molar-refractivity contribution >= 4 is 12.6 Å². The first-order chi connectivity index (χ1) is 7.74. The highest BCUT2D eigenvalue weighted by atomic mass is 32.1. The van der Waals surface area contributed by atoms with Crippen LogP contribution in [-0.2, 0) is 12.8 Å². The molecule has 2 rings (SSSR count). The van der Waals surface area contributed by atoms with Gasteiger partial charge in [-0.3, -0.25) is 0 Å². The quantitative estimate of drug-likeness (QED) is 0.712. The molecule has 1 heterocycles. The lowest BCUT2D eigenvalue weighted by molar-refractivity contribution is 0.475. The number of rotatable bonds is 4. The Hall–Kier alpha value is -1.42. The van der Waals surface area contributed by atoms with E-state index >= 15 is 0 Å². The van der Waals surface area contributed by atoms with Crippen LogP contribution in [0.25, 0.3) is 0 Å². The number of hydrogen-bond donors (Lipinski definition) is 3. The van der Waals surface area contributed by atoms with E-state index in [0.717, 1.165) is 25.0 Å². The van der Waals surface area contributed by atoms with Crippen LogP contribution in [0.15, 0.2) is 35.6 Å². The lowest BCUT2D eigenvalue weighted by Gasteiger charge is -2.00. The Bertz CT molecular complexity index is 450. The Balaban J connectivity index is 1.82.